The predicted molar refractivity (Wildman–Crippen MR) is 141 cm³/mol. The van der Waals surface area contributed by atoms with Crippen LogP contribution in [0, 0.1) is 0 Å². The SMILES string of the molecule is COc1cc2c(cc1Nc1ncc(Br)c(Nc3ccc4c(c3P(C)C)OCCO4)n1)CNCC2. The van der Waals surface area contributed by atoms with Gasteiger partial charge in [-0.05, 0) is 77.6 Å². The van der Waals surface area contributed by atoms with E-state index in [1.807, 2.05) is 12.1 Å². The summed E-state index contributed by atoms with van der Waals surface area (Å²) in [5, 5.41) is 11.4. The Morgan fingerprint density at radius 1 is 1.09 bits per heavy atom. The Bertz CT molecular complexity index is 1220. The molecule has 0 saturated heterocycles. The molecule has 0 atom stereocenters. The molecule has 3 heterocycles. The Kier molecular flexibility index (Phi) is 6.77. The first kappa shape index (κ1) is 23.1. The monoisotopic (exact) mass is 543 g/mol. The summed E-state index contributed by atoms with van der Waals surface area (Å²) >= 11 is 3.59. The number of fused-ring (bicyclic) bond motifs is 2. The summed E-state index contributed by atoms with van der Waals surface area (Å²) in [6.07, 6.45) is 2.73. The zero-order valence-electron chi connectivity index (χ0n) is 19.4. The topological polar surface area (TPSA) is 89.6 Å². The molecule has 0 radical (unpaired) electrons. The van der Waals surface area contributed by atoms with Crippen LogP contribution in [0.5, 0.6) is 17.2 Å². The molecule has 5 rings (SSSR count). The van der Waals surface area contributed by atoms with E-state index in [0.717, 1.165) is 57.9 Å². The molecule has 0 fully saturated rings. The molecule has 0 unspecified atom stereocenters. The molecular weight excluding hydrogens is 517 g/mol. The highest BCUT2D eigenvalue weighted by Crippen LogP contribution is 2.42. The highest BCUT2D eigenvalue weighted by atomic mass is 79.9. The zero-order chi connectivity index (χ0) is 23.7. The van der Waals surface area contributed by atoms with Crippen LogP contribution in [-0.2, 0) is 13.0 Å². The van der Waals surface area contributed by atoms with Gasteiger partial charge in [0.2, 0.25) is 5.95 Å². The number of hydrogen-bond acceptors (Lipinski definition) is 8. The standard InChI is InChI=1S/C24H27BrN5O3P/c1-31-20-11-14-6-7-26-12-15(14)10-18(20)29-24-27-13-16(25)23(30-24)28-17-4-5-19-21(22(17)34(2)3)33-9-8-32-19/h4-5,10-11,13,26H,6-9,12H2,1-3H3,(H2,27,28,29,30). The normalized spacial score (nSPS) is 14.5. The van der Waals surface area contributed by atoms with E-state index in [4.69, 9.17) is 19.2 Å². The minimum absolute atomic E-state index is 0.460. The van der Waals surface area contributed by atoms with E-state index < -0.39 is 7.92 Å². The maximum Gasteiger partial charge on any atom is 0.229 e. The van der Waals surface area contributed by atoms with Crippen LogP contribution in [0.3, 0.4) is 0 Å². The molecular formula is C24H27BrN5O3P. The van der Waals surface area contributed by atoms with Gasteiger partial charge in [-0.15, -0.1) is 0 Å². The Morgan fingerprint density at radius 3 is 2.76 bits per heavy atom. The van der Waals surface area contributed by atoms with E-state index in [9.17, 15) is 0 Å². The van der Waals surface area contributed by atoms with Crippen molar-refractivity contribution in [1.29, 1.82) is 0 Å². The van der Waals surface area contributed by atoms with Gasteiger partial charge >= 0.3 is 0 Å². The Morgan fingerprint density at radius 2 is 1.94 bits per heavy atom. The molecule has 0 amide bonds. The van der Waals surface area contributed by atoms with Crippen LogP contribution in [0.4, 0.5) is 23.1 Å². The molecule has 0 bridgehead atoms. The van der Waals surface area contributed by atoms with Crippen LogP contribution in [0.2, 0.25) is 0 Å². The van der Waals surface area contributed by atoms with Crippen molar-refractivity contribution in [2.24, 2.45) is 0 Å². The minimum atomic E-state index is -0.460. The fraction of sp³-hybridized carbons (Fsp3) is 0.333. The van der Waals surface area contributed by atoms with Crippen LogP contribution in [-0.4, -0.2) is 50.2 Å². The first-order chi connectivity index (χ1) is 16.5. The zero-order valence-corrected chi connectivity index (χ0v) is 21.8. The Hall–Kier alpha value is -2.61. The van der Waals surface area contributed by atoms with E-state index in [0.29, 0.717) is 25.0 Å². The number of rotatable bonds is 6. The van der Waals surface area contributed by atoms with Crippen LogP contribution >= 0.6 is 23.9 Å². The number of nitrogens with zero attached hydrogens (tertiary/aromatic N) is 2. The van der Waals surface area contributed by atoms with E-state index >= 15 is 0 Å². The summed E-state index contributed by atoms with van der Waals surface area (Å²) in [6, 6.07) is 8.17. The smallest absolute Gasteiger partial charge is 0.229 e. The quantitative estimate of drug-likeness (QED) is 0.391. The second-order valence-electron chi connectivity index (χ2n) is 8.27. The van der Waals surface area contributed by atoms with Crippen molar-refractivity contribution in [1.82, 2.24) is 15.3 Å². The van der Waals surface area contributed by atoms with Crippen molar-refractivity contribution in [3.8, 4) is 17.2 Å². The summed E-state index contributed by atoms with van der Waals surface area (Å²) in [6.45, 7) is 7.34. The third-order valence-corrected chi connectivity index (χ3v) is 7.70. The van der Waals surface area contributed by atoms with E-state index in [1.54, 1.807) is 13.3 Å². The Balaban J connectivity index is 1.46. The molecule has 34 heavy (non-hydrogen) atoms. The van der Waals surface area contributed by atoms with Crippen molar-refractivity contribution in [3.05, 3.63) is 46.1 Å². The van der Waals surface area contributed by atoms with E-state index in [1.165, 1.54) is 11.1 Å². The molecule has 1 aromatic heterocycles. The van der Waals surface area contributed by atoms with Crippen LogP contribution in [0.1, 0.15) is 11.1 Å². The minimum Gasteiger partial charge on any atom is -0.495 e. The first-order valence-corrected chi connectivity index (χ1v) is 14.1. The number of hydrogen-bond donors (Lipinski definition) is 3. The highest BCUT2D eigenvalue weighted by Gasteiger charge is 2.22. The first-order valence-electron chi connectivity index (χ1n) is 11.1. The van der Waals surface area contributed by atoms with Crippen molar-refractivity contribution >= 4 is 52.3 Å². The van der Waals surface area contributed by atoms with E-state index in [-0.39, 0.29) is 0 Å². The van der Waals surface area contributed by atoms with Gasteiger partial charge in [-0.2, -0.15) is 4.98 Å². The Labute approximate surface area is 208 Å². The van der Waals surface area contributed by atoms with Gasteiger partial charge in [-0.3, -0.25) is 0 Å². The largest absolute Gasteiger partial charge is 0.495 e. The lowest BCUT2D eigenvalue weighted by Gasteiger charge is -2.25. The number of benzene rings is 2. The lowest BCUT2D eigenvalue weighted by atomic mass is 10.00. The van der Waals surface area contributed by atoms with Gasteiger partial charge in [0.25, 0.3) is 0 Å². The lowest BCUT2D eigenvalue weighted by molar-refractivity contribution is 0.173. The van der Waals surface area contributed by atoms with Gasteiger partial charge in [0, 0.05) is 18.0 Å². The fourth-order valence-corrected chi connectivity index (χ4v) is 5.67. The third-order valence-electron chi connectivity index (χ3n) is 5.78. The molecule has 0 spiro atoms. The average Bonchev–Trinajstić information content (AvgIpc) is 2.85. The second-order valence-corrected chi connectivity index (χ2v) is 11.4. The number of methoxy groups -OCH3 is 1. The molecule has 2 aliphatic heterocycles. The molecule has 0 saturated carbocycles. The maximum atomic E-state index is 5.97. The van der Waals surface area contributed by atoms with Crippen LogP contribution < -0.4 is 35.5 Å². The van der Waals surface area contributed by atoms with Gasteiger partial charge in [-0.1, -0.05) is 7.92 Å². The molecule has 2 aliphatic rings. The average molecular weight is 544 g/mol. The summed E-state index contributed by atoms with van der Waals surface area (Å²) in [5.41, 5.74) is 4.35. The van der Waals surface area contributed by atoms with E-state index in [2.05, 4.69) is 62.3 Å². The molecule has 2 aromatic carbocycles. The van der Waals surface area contributed by atoms with Gasteiger partial charge in [-0.25, -0.2) is 4.98 Å². The van der Waals surface area contributed by atoms with Gasteiger partial charge in [0.05, 0.1) is 23.0 Å². The highest BCUT2D eigenvalue weighted by molar-refractivity contribution is 9.10. The summed E-state index contributed by atoms with van der Waals surface area (Å²) < 4.78 is 18.2. The van der Waals surface area contributed by atoms with Gasteiger partial charge < -0.3 is 30.2 Å². The van der Waals surface area contributed by atoms with Crippen molar-refractivity contribution in [2.45, 2.75) is 13.0 Å². The van der Waals surface area contributed by atoms with Crippen LogP contribution in [0.25, 0.3) is 0 Å². The number of anilines is 4. The molecule has 0 aliphatic carbocycles. The summed E-state index contributed by atoms with van der Waals surface area (Å²) in [5.74, 6) is 3.52. The van der Waals surface area contributed by atoms with Crippen molar-refractivity contribution < 1.29 is 14.2 Å². The van der Waals surface area contributed by atoms with Crippen molar-refractivity contribution in [2.75, 3.05) is 50.8 Å². The lowest BCUT2D eigenvalue weighted by Crippen LogP contribution is -2.23. The maximum absolute atomic E-state index is 5.97. The van der Waals surface area contributed by atoms with Crippen LogP contribution in [0.15, 0.2) is 34.9 Å². The molecule has 3 N–H and O–H groups in total. The number of halogens is 1. The summed E-state index contributed by atoms with van der Waals surface area (Å²) in [4.78, 5) is 9.22. The summed E-state index contributed by atoms with van der Waals surface area (Å²) in [7, 11) is 1.22. The van der Waals surface area contributed by atoms with Gasteiger partial charge in [0.1, 0.15) is 24.8 Å². The van der Waals surface area contributed by atoms with Crippen molar-refractivity contribution in [3.63, 3.8) is 0 Å². The molecule has 8 nitrogen and oxygen atoms in total. The number of aromatic nitrogens is 2. The molecule has 3 aromatic rings. The second kappa shape index (κ2) is 9.94. The number of ether oxygens (including phenoxy) is 3. The van der Waals surface area contributed by atoms with Gasteiger partial charge in [0.15, 0.2) is 11.5 Å². The third kappa shape index (κ3) is 4.65. The molecule has 10 heteroatoms. The molecule has 178 valence electrons. The fourth-order valence-electron chi connectivity index (χ4n) is 4.19. The number of nitrogens with one attached hydrogen (secondary N) is 3. The predicted octanol–water partition coefficient (Wildman–Crippen LogP) is 4.52.